The number of hydrogen-bond acceptors (Lipinski definition) is 5. The molecule has 0 fully saturated rings. The van der Waals surface area contributed by atoms with E-state index in [1.165, 1.54) is 12.1 Å². The van der Waals surface area contributed by atoms with Crippen LogP contribution in [0, 0.1) is 0 Å². The van der Waals surface area contributed by atoms with Crippen molar-refractivity contribution in [1.29, 1.82) is 0 Å². The molecule has 0 aliphatic carbocycles. The number of nitrogens with zero attached hydrogens (tertiary/aromatic N) is 2. The Morgan fingerprint density at radius 3 is 2.64 bits per heavy atom. The molecule has 0 atom stereocenters. The van der Waals surface area contributed by atoms with Gasteiger partial charge in [0.1, 0.15) is 11.5 Å². The highest BCUT2D eigenvalue weighted by atomic mass is 35.5. The van der Waals surface area contributed by atoms with E-state index >= 15 is 0 Å². The van der Waals surface area contributed by atoms with Gasteiger partial charge in [0.2, 0.25) is 0 Å². The number of nitrogens with two attached hydrogens (primary N) is 1. The molecule has 0 saturated heterocycles. The lowest BCUT2D eigenvalue weighted by molar-refractivity contribution is 0.284. The summed E-state index contributed by atoms with van der Waals surface area (Å²) >= 11 is 5.83. The third-order valence-electron chi connectivity index (χ3n) is 3.07. The van der Waals surface area contributed by atoms with Gasteiger partial charge in [-0.05, 0) is 23.8 Å². The van der Waals surface area contributed by atoms with E-state index in [1.807, 2.05) is 30.3 Å². The van der Waals surface area contributed by atoms with E-state index in [0.29, 0.717) is 5.02 Å². The first kappa shape index (κ1) is 14.8. The number of benzene rings is 2. The summed E-state index contributed by atoms with van der Waals surface area (Å²) in [5, 5.41) is 1.38. The Hall–Kier alpha value is -2.09. The molecule has 1 aliphatic rings. The zero-order valence-electron chi connectivity index (χ0n) is 11.3. The summed E-state index contributed by atoms with van der Waals surface area (Å²) < 4.78 is 33.4. The molecule has 6 nitrogen and oxygen atoms in total. The minimum atomic E-state index is -3.89. The van der Waals surface area contributed by atoms with Gasteiger partial charge in [-0.1, -0.05) is 41.9 Å². The summed E-state index contributed by atoms with van der Waals surface area (Å²) in [6.45, 7) is 0.159. The van der Waals surface area contributed by atoms with Crippen LogP contribution in [-0.4, -0.2) is 14.4 Å². The number of amidine groups is 1. The first-order valence-corrected chi connectivity index (χ1v) is 8.15. The topological polar surface area (TPSA) is 85.0 Å². The Labute approximate surface area is 132 Å². The van der Waals surface area contributed by atoms with Crippen LogP contribution in [0.15, 0.2) is 57.8 Å². The Balaban J connectivity index is 1.91. The molecule has 1 heterocycles. The molecule has 0 radical (unpaired) electrons. The Morgan fingerprint density at radius 2 is 1.91 bits per heavy atom. The first-order valence-electron chi connectivity index (χ1n) is 6.33. The molecular formula is C14H12ClN3O3S. The number of sulfonamides is 1. The zero-order valence-corrected chi connectivity index (χ0v) is 12.9. The van der Waals surface area contributed by atoms with Crippen molar-refractivity contribution in [2.45, 2.75) is 11.5 Å². The van der Waals surface area contributed by atoms with Crippen molar-refractivity contribution in [2.24, 2.45) is 10.2 Å². The lowest BCUT2D eigenvalue weighted by Gasteiger charge is -2.25. The van der Waals surface area contributed by atoms with Crippen molar-refractivity contribution < 1.29 is 13.2 Å². The van der Waals surface area contributed by atoms with E-state index < -0.39 is 10.0 Å². The second-order valence-electron chi connectivity index (χ2n) is 4.61. The van der Waals surface area contributed by atoms with E-state index in [4.69, 9.17) is 22.2 Å². The standard InChI is InChI=1S/C14H12ClN3O3S/c15-11-6-7-12-13(8-11)22(19,20)17-14(18(12)16)21-9-10-4-2-1-3-5-10/h1-8H,9,16H2. The number of fused-ring (bicyclic) bond motifs is 1. The van der Waals surface area contributed by atoms with Crippen molar-refractivity contribution in [2.75, 3.05) is 5.01 Å². The average Bonchev–Trinajstić information content (AvgIpc) is 2.50. The van der Waals surface area contributed by atoms with Crippen LogP contribution < -0.4 is 10.9 Å². The lowest BCUT2D eigenvalue weighted by Crippen LogP contribution is -2.42. The van der Waals surface area contributed by atoms with Gasteiger partial charge in [-0.3, -0.25) is 0 Å². The minimum absolute atomic E-state index is 0.0467. The first-order chi connectivity index (χ1) is 10.5. The van der Waals surface area contributed by atoms with E-state index in [2.05, 4.69) is 4.40 Å². The van der Waals surface area contributed by atoms with E-state index in [-0.39, 0.29) is 23.2 Å². The molecule has 0 spiro atoms. The van der Waals surface area contributed by atoms with E-state index in [9.17, 15) is 8.42 Å². The molecule has 0 unspecified atom stereocenters. The van der Waals surface area contributed by atoms with Crippen molar-refractivity contribution in [1.82, 2.24) is 0 Å². The highest BCUT2D eigenvalue weighted by Crippen LogP contribution is 2.32. The van der Waals surface area contributed by atoms with Crippen molar-refractivity contribution in [3.8, 4) is 0 Å². The van der Waals surface area contributed by atoms with Gasteiger partial charge in [-0.2, -0.15) is 8.42 Å². The third kappa shape index (κ3) is 2.78. The fourth-order valence-corrected chi connectivity index (χ4v) is 3.40. The molecule has 0 amide bonds. The van der Waals surface area contributed by atoms with Gasteiger partial charge in [0, 0.05) is 5.02 Å². The van der Waals surface area contributed by atoms with Gasteiger partial charge in [0.25, 0.3) is 10.0 Å². The Morgan fingerprint density at radius 1 is 1.18 bits per heavy atom. The minimum Gasteiger partial charge on any atom is -0.458 e. The van der Waals surface area contributed by atoms with Crippen LogP contribution in [0.4, 0.5) is 5.69 Å². The van der Waals surface area contributed by atoms with Crippen LogP contribution >= 0.6 is 11.6 Å². The summed E-state index contributed by atoms with van der Waals surface area (Å²) in [5.74, 6) is 5.90. The van der Waals surface area contributed by atoms with Crippen LogP contribution in [0.5, 0.6) is 0 Å². The van der Waals surface area contributed by atoms with Crippen LogP contribution in [0.25, 0.3) is 0 Å². The van der Waals surface area contributed by atoms with E-state index in [1.54, 1.807) is 6.07 Å². The molecule has 22 heavy (non-hydrogen) atoms. The fourth-order valence-electron chi connectivity index (χ4n) is 2.01. The molecule has 3 rings (SSSR count). The average molecular weight is 338 g/mol. The summed E-state index contributed by atoms with van der Waals surface area (Å²) in [7, 11) is -3.89. The molecule has 0 saturated carbocycles. The van der Waals surface area contributed by atoms with Gasteiger partial charge < -0.3 is 4.74 Å². The monoisotopic (exact) mass is 337 g/mol. The van der Waals surface area contributed by atoms with Gasteiger partial charge in [-0.25, -0.2) is 10.9 Å². The molecule has 1 aliphatic heterocycles. The van der Waals surface area contributed by atoms with Crippen LogP contribution in [0.1, 0.15) is 5.56 Å². The second kappa shape index (κ2) is 5.60. The van der Waals surface area contributed by atoms with Gasteiger partial charge in [-0.15, -0.1) is 4.40 Å². The normalized spacial score (nSPS) is 15.9. The van der Waals surface area contributed by atoms with Crippen LogP contribution in [-0.2, 0) is 21.4 Å². The number of anilines is 1. The Kier molecular flexibility index (Phi) is 3.78. The molecular weight excluding hydrogens is 326 g/mol. The van der Waals surface area contributed by atoms with E-state index in [0.717, 1.165) is 10.6 Å². The molecule has 0 bridgehead atoms. The number of rotatable bonds is 2. The van der Waals surface area contributed by atoms with Gasteiger partial charge in [0.15, 0.2) is 0 Å². The SMILES string of the molecule is NN1C(OCc2ccccc2)=NS(=O)(=O)c2cc(Cl)ccc21. The van der Waals surface area contributed by atoms with Crippen LogP contribution in [0.3, 0.4) is 0 Å². The smallest absolute Gasteiger partial charge is 0.323 e. The zero-order chi connectivity index (χ0) is 15.7. The molecule has 0 aromatic heterocycles. The Bertz CT molecular complexity index is 838. The quantitative estimate of drug-likeness (QED) is 0.850. The molecule has 2 N–H and O–H groups in total. The molecule has 8 heteroatoms. The predicted octanol–water partition coefficient (Wildman–Crippen LogP) is 2.30. The summed E-state index contributed by atoms with van der Waals surface area (Å²) in [5.41, 5.74) is 1.14. The third-order valence-corrected chi connectivity index (χ3v) is 4.59. The van der Waals surface area contributed by atoms with Gasteiger partial charge >= 0.3 is 6.02 Å². The highest BCUT2D eigenvalue weighted by molar-refractivity contribution is 7.90. The van der Waals surface area contributed by atoms with Crippen molar-refractivity contribution >= 4 is 33.3 Å². The number of ether oxygens (including phenoxy) is 1. The predicted molar refractivity (Wildman–Crippen MR) is 84.0 cm³/mol. The summed E-state index contributed by atoms with van der Waals surface area (Å²) in [6.07, 6.45) is 0. The summed E-state index contributed by atoms with van der Waals surface area (Å²) in [6, 6.07) is 13.5. The maximum Gasteiger partial charge on any atom is 0.323 e. The molecule has 2 aromatic rings. The number of halogens is 1. The lowest BCUT2D eigenvalue weighted by atomic mass is 10.2. The number of hydrogen-bond donors (Lipinski definition) is 1. The molecule has 114 valence electrons. The second-order valence-corrected chi connectivity index (χ2v) is 6.61. The highest BCUT2D eigenvalue weighted by Gasteiger charge is 2.30. The van der Waals surface area contributed by atoms with Crippen LogP contribution in [0.2, 0.25) is 5.02 Å². The fraction of sp³-hybridized carbons (Fsp3) is 0.0714. The van der Waals surface area contributed by atoms with Crippen molar-refractivity contribution in [3.63, 3.8) is 0 Å². The van der Waals surface area contributed by atoms with Gasteiger partial charge in [0.05, 0.1) is 5.69 Å². The summed E-state index contributed by atoms with van der Waals surface area (Å²) in [4.78, 5) is -0.0467. The van der Waals surface area contributed by atoms with Crippen molar-refractivity contribution in [3.05, 3.63) is 59.1 Å². The molecule has 2 aromatic carbocycles. The largest absolute Gasteiger partial charge is 0.458 e. The maximum atomic E-state index is 12.2. The number of hydrazine groups is 1. The maximum absolute atomic E-state index is 12.2.